The summed E-state index contributed by atoms with van der Waals surface area (Å²) < 4.78 is 9.85. The van der Waals surface area contributed by atoms with Crippen molar-refractivity contribution in [2.45, 2.75) is 12.3 Å². The summed E-state index contributed by atoms with van der Waals surface area (Å²) in [5, 5.41) is 9.45. The first-order valence-corrected chi connectivity index (χ1v) is 7.32. The van der Waals surface area contributed by atoms with Crippen LogP contribution in [0.15, 0.2) is 48.5 Å². The van der Waals surface area contributed by atoms with Gasteiger partial charge in [-0.1, -0.05) is 30.3 Å². The molecule has 0 N–H and O–H groups in total. The molecule has 0 aromatic heterocycles. The Bertz CT molecular complexity index is 778. The zero-order chi connectivity index (χ0) is 17.5. The van der Waals surface area contributed by atoms with E-state index in [2.05, 4.69) is 0 Å². The van der Waals surface area contributed by atoms with Crippen molar-refractivity contribution in [2.75, 3.05) is 14.2 Å². The smallest absolute Gasteiger partial charge is 0.337 e. The van der Waals surface area contributed by atoms with Crippen LogP contribution >= 0.6 is 0 Å². The van der Waals surface area contributed by atoms with E-state index in [9.17, 15) is 14.9 Å². The number of ketones is 1. The van der Waals surface area contributed by atoms with Crippen molar-refractivity contribution >= 4 is 11.8 Å². The third kappa shape index (κ3) is 3.99. The number of hydrogen-bond acceptors (Lipinski definition) is 5. The van der Waals surface area contributed by atoms with Crippen LogP contribution in [0.4, 0.5) is 0 Å². The van der Waals surface area contributed by atoms with Crippen LogP contribution in [0, 0.1) is 11.3 Å². The van der Waals surface area contributed by atoms with E-state index in [0.717, 1.165) is 5.56 Å². The second-order valence-electron chi connectivity index (χ2n) is 5.18. The number of methoxy groups -OCH3 is 2. The standard InChI is InChI=1S/C19H17NO4/c1-23-16-10-14(9-15(11-16)19(22)24-2)17(12-20)18(21)8-13-6-4-3-5-7-13/h3-7,9-11,17H,8H2,1-2H3. The van der Waals surface area contributed by atoms with Crippen LogP contribution in [0.5, 0.6) is 5.75 Å². The van der Waals surface area contributed by atoms with E-state index >= 15 is 0 Å². The maximum absolute atomic E-state index is 12.5. The third-order valence-corrected chi connectivity index (χ3v) is 3.59. The second kappa shape index (κ2) is 7.93. The highest BCUT2D eigenvalue weighted by atomic mass is 16.5. The van der Waals surface area contributed by atoms with Gasteiger partial charge in [-0.2, -0.15) is 5.26 Å². The average Bonchev–Trinajstić information content (AvgIpc) is 2.62. The molecule has 0 saturated heterocycles. The molecule has 0 aliphatic carbocycles. The van der Waals surface area contributed by atoms with E-state index < -0.39 is 11.9 Å². The molecular weight excluding hydrogens is 306 g/mol. The lowest BCUT2D eigenvalue weighted by molar-refractivity contribution is -0.118. The van der Waals surface area contributed by atoms with Crippen molar-refractivity contribution in [2.24, 2.45) is 0 Å². The van der Waals surface area contributed by atoms with Crippen LogP contribution in [0.25, 0.3) is 0 Å². The maximum Gasteiger partial charge on any atom is 0.337 e. The van der Waals surface area contributed by atoms with Crippen LogP contribution in [-0.4, -0.2) is 26.0 Å². The normalized spacial score (nSPS) is 11.2. The SMILES string of the molecule is COC(=O)c1cc(OC)cc(C(C#N)C(=O)Cc2ccccc2)c1. The first-order valence-electron chi connectivity index (χ1n) is 7.32. The highest BCUT2D eigenvalue weighted by Crippen LogP contribution is 2.25. The van der Waals surface area contributed by atoms with Gasteiger partial charge in [0.25, 0.3) is 0 Å². The van der Waals surface area contributed by atoms with E-state index in [1.54, 1.807) is 6.07 Å². The molecule has 0 radical (unpaired) electrons. The molecule has 0 spiro atoms. The van der Waals surface area contributed by atoms with Crippen molar-refractivity contribution in [1.29, 1.82) is 5.26 Å². The molecule has 5 nitrogen and oxygen atoms in total. The van der Waals surface area contributed by atoms with Crippen LogP contribution in [0.3, 0.4) is 0 Å². The number of hydrogen-bond donors (Lipinski definition) is 0. The fourth-order valence-electron chi connectivity index (χ4n) is 2.37. The van der Waals surface area contributed by atoms with Gasteiger partial charge in [0, 0.05) is 6.42 Å². The minimum Gasteiger partial charge on any atom is -0.497 e. The number of carbonyl (C=O) groups is 2. The molecule has 0 saturated carbocycles. The minimum absolute atomic E-state index is 0.143. The number of nitrogens with zero attached hydrogens (tertiary/aromatic N) is 1. The van der Waals surface area contributed by atoms with Crippen LogP contribution < -0.4 is 4.74 Å². The number of ether oxygens (including phenoxy) is 2. The Morgan fingerprint density at radius 1 is 1.12 bits per heavy atom. The van der Waals surface area contributed by atoms with Crippen LogP contribution in [0.2, 0.25) is 0 Å². The lowest BCUT2D eigenvalue weighted by Crippen LogP contribution is -2.14. The summed E-state index contributed by atoms with van der Waals surface area (Å²) in [6, 6.07) is 15.8. The zero-order valence-corrected chi connectivity index (χ0v) is 13.5. The van der Waals surface area contributed by atoms with E-state index in [1.165, 1.54) is 26.4 Å². The average molecular weight is 323 g/mol. The van der Waals surface area contributed by atoms with Gasteiger partial charge in [0.2, 0.25) is 0 Å². The molecule has 0 heterocycles. The molecule has 5 heteroatoms. The predicted molar refractivity (Wildman–Crippen MR) is 87.8 cm³/mol. The number of esters is 1. The second-order valence-corrected chi connectivity index (χ2v) is 5.18. The molecule has 1 unspecified atom stereocenters. The van der Waals surface area contributed by atoms with Gasteiger partial charge in [0.15, 0.2) is 5.78 Å². The topological polar surface area (TPSA) is 76.4 Å². The molecule has 0 fully saturated rings. The number of rotatable bonds is 6. The number of benzene rings is 2. The molecule has 0 aliphatic heterocycles. The van der Waals surface area contributed by atoms with Crippen molar-refractivity contribution in [3.05, 3.63) is 65.2 Å². The monoisotopic (exact) mass is 323 g/mol. The fraction of sp³-hybridized carbons (Fsp3) is 0.211. The summed E-state index contributed by atoms with van der Waals surface area (Å²) >= 11 is 0. The maximum atomic E-state index is 12.5. The van der Waals surface area contributed by atoms with E-state index in [1.807, 2.05) is 36.4 Å². The van der Waals surface area contributed by atoms with Gasteiger partial charge in [-0.05, 0) is 29.3 Å². The zero-order valence-electron chi connectivity index (χ0n) is 13.5. The Hall–Kier alpha value is -3.13. The Kier molecular flexibility index (Phi) is 5.69. The van der Waals surface area contributed by atoms with Gasteiger partial charge in [0.1, 0.15) is 11.7 Å². The molecule has 2 aromatic carbocycles. The molecule has 122 valence electrons. The summed E-state index contributed by atoms with van der Waals surface area (Å²) in [7, 11) is 2.72. The molecule has 1 atom stereocenters. The van der Waals surface area contributed by atoms with Crippen molar-refractivity contribution in [3.63, 3.8) is 0 Å². The lowest BCUT2D eigenvalue weighted by atomic mass is 9.91. The van der Waals surface area contributed by atoms with Gasteiger partial charge >= 0.3 is 5.97 Å². The molecule has 24 heavy (non-hydrogen) atoms. The Balaban J connectivity index is 2.34. The summed E-state index contributed by atoms with van der Waals surface area (Å²) in [4.78, 5) is 24.3. The molecular formula is C19H17NO4. The Morgan fingerprint density at radius 3 is 2.42 bits per heavy atom. The fourth-order valence-corrected chi connectivity index (χ4v) is 2.37. The Labute approximate surface area is 140 Å². The first kappa shape index (κ1) is 17.2. The van der Waals surface area contributed by atoms with E-state index in [-0.39, 0.29) is 17.8 Å². The van der Waals surface area contributed by atoms with Gasteiger partial charge < -0.3 is 9.47 Å². The molecule has 0 aliphatic rings. The van der Waals surface area contributed by atoms with Crippen LogP contribution in [-0.2, 0) is 16.0 Å². The highest BCUT2D eigenvalue weighted by Gasteiger charge is 2.23. The first-order chi connectivity index (χ1) is 11.6. The third-order valence-electron chi connectivity index (χ3n) is 3.59. The van der Waals surface area contributed by atoms with Crippen molar-refractivity contribution in [1.82, 2.24) is 0 Å². The summed E-state index contributed by atoms with van der Waals surface area (Å²) in [5.41, 5.74) is 1.48. The molecule has 0 amide bonds. The van der Waals surface area contributed by atoms with Crippen molar-refractivity contribution < 1.29 is 19.1 Å². The summed E-state index contributed by atoms with van der Waals surface area (Å²) in [6.45, 7) is 0. The van der Waals surface area contributed by atoms with Gasteiger partial charge in [0.05, 0.1) is 25.9 Å². The number of carbonyl (C=O) groups excluding carboxylic acids is 2. The summed E-state index contributed by atoms with van der Waals surface area (Å²) in [6.07, 6.45) is 0.143. The largest absolute Gasteiger partial charge is 0.497 e. The van der Waals surface area contributed by atoms with E-state index in [4.69, 9.17) is 9.47 Å². The van der Waals surface area contributed by atoms with E-state index in [0.29, 0.717) is 11.3 Å². The van der Waals surface area contributed by atoms with Gasteiger partial charge in [-0.15, -0.1) is 0 Å². The quantitative estimate of drug-likeness (QED) is 0.764. The Morgan fingerprint density at radius 2 is 1.83 bits per heavy atom. The number of nitriles is 1. The molecule has 0 bridgehead atoms. The minimum atomic E-state index is -0.983. The highest BCUT2D eigenvalue weighted by molar-refractivity contribution is 5.93. The van der Waals surface area contributed by atoms with Gasteiger partial charge in [-0.25, -0.2) is 4.79 Å². The summed E-state index contributed by atoms with van der Waals surface area (Å²) in [5.74, 6) is -1.39. The van der Waals surface area contributed by atoms with Gasteiger partial charge in [-0.3, -0.25) is 4.79 Å². The number of Topliss-reactive ketones (excluding diaryl/α,β-unsaturated/α-hetero) is 1. The van der Waals surface area contributed by atoms with Crippen molar-refractivity contribution in [3.8, 4) is 11.8 Å². The predicted octanol–water partition coefficient (Wildman–Crippen LogP) is 2.90. The molecule has 2 rings (SSSR count). The molecule has 2 aromatic rings. The lowest BCUT2D eigenvalue weighted by Gasteiger charge is -2.12. The van der Waals surface area contributed by atoms with Crippen LogP contribution in [0.1, 0.15) is 27.4 Å².